The quantitative estimate of drug-likeness (QED) is 0.922. The molecule has 2 N–H and O–H groups in total. The lowest BCUT2D eigenvalue weighted by atomic mass is 10.0. The van der Waals surface area contributed by atoms with Crippen LogP contribution in [0, 0.1) is 0 Å². The van der Waals surface area contributed by atoms with Crippen LogP contribution in [0.5, 0.6) is 5.75 Å². The molecule has 1 atom stereocenters. The van der Waals surface area contributed by atoms with Gasteiger partial charge in [0.1, 0.15) is 5.75 Å². The van der Waals surface area contributed by atoms with Gasteiger partial charge in [-0.3, -0.25) is 5.01 Å². The van der Waals surface area contributed by atoms with Crippen LogP contribution < -0.4 is 10.5 Å². The number of hydrogen-bond donors (Lipinski definition) is 1. The zero-order valence-corrected chi connectivity index (χ0v) is 12.8. The highest BCUT2D eigenvalue weighted by molar-refractivity contribution is 5.88. The monoisotopic (exact) mass is 295 g/mol. The fraction of sp³-hybridized carbons (Fsp3) is 0.278. The highest BCUT2D eigenvalue weighted by Crippen LogP contribution is 2.32. The first kappa shape index (κ1) is 14.6. The average Bonchev–Trinajstić information content (AvgIpc) is 2.99. The molecule has 0 saturated carbocycles. The van der Waals surface area contributed by atoms with Crippen LogP contribution in [0.15, 0.2) is 59.7 Å². The predicted octanol–water partition coefficient (Wildman–Crippen LogP) is 2.96. The third-order valence-electron chi connectivity index (χ3n) is 3.98. The van der Waals surface area contributed by atoms with Gasteiger partial charge in [0.2, 0.25) is 0 Å². The van der Waals surface area contributed by atoms with E-state index in [1.807, 2.05) is 18.2 Å². The molecule has 0 fully saturated rings. The second-order valence-corrected chi connectivity index (χ2v) is 5.45. The van der Waals surface area contributed by atoms with E-state index in [0.29, 0.717) is 6.54 Å². The van der Waals surface area contributed by atoms with Gasteiger partial charge < -0.3 is 10.5 Å². The molecule has 1 heterocycles. The summed E-state index contributed by atoms with van der Waals surface area (Å²) in [5.74, 6) is 0.872. The molecule has 4 heteroatoms. The summed E-state index contributed by atoms with van der Waals surface area (Å²) in [5, 5.41) is 6.83. The lowest BCUT2D eigenvalue weighted by Gasteiger charge is -2.24. The smallest absolute Gasteiger partial charge is 0.118 e. The minimum absolute atomic E-state index is 0.240. The number of hydrazone groups is 1. The first-order valence-corrected chi connectivity index (χ1v) is 7.51. The van der Waals surface area contributed by atoms with E-state index >= 15 is 0 Å². The van der Waals surface area contributed by atoms with Crippen LogP contribution in [0.2, 0.25) is 0 Å². The first-order chi connectivity index (χ1) is 10.8. The van der Waals surface area contributed by atoms with Crippen molar-refractivity contribution in [3.8, 4) is 5.75 Å². The van der Waals surface area contributed by atoms with Crippen LogP contribution in [0.1, 0.15) is 23.6 Å². The maximum atomic E-state index is 5.80. The van der Waals surface area contributed by atoms with Crippen molar-refractivity contribution in [2.45, 2.75) is 19.0 Å². The fourth-order valence-electron chi connectivity index (χ4n) is 2.78. The SMILES string of the molecule is COc1ccc(C2CC(CN)=NN2Cc2ccccc2)cc1. The Hall–Kier alpha value is -2.33. The van der Waals surface area contributed by atoms with Crippen molar-refractivity contribution in [1.29, 1.82) is 0 Å². The standard InChI is InChI=1S/C18H21N3O/c1-22-17-9-7-15(8-10-17)18-11-16(12-19)20-21(18)13-14-5-3-2-4-6-14/h2-10,18H,11-13,19H2,1H3. The molecule has 0 saturated heterocycles. The Labute approximate surface area is 131 Å². The summed E-state index contributed by atoms with van der Waals surface area (Å²) >= 11 is 0. The highest BCUT2D eigenvalue weighted by Gasteiger charge is 2.27. The summed E-state index contributed by atoms with van der Waals surface area (Å²) in [5.41, 5.74) is 9.34. The zero-order chi connectivity index (χ0) is 15.4. The molecule has 0 radical (unpaired) electrons. The van der Waals surface area contributed by atoms with Gasteiger partial charge in [-0.15, -0.1) is 0 Å². The van der Waals surface area contributed by atoms with Crippen LogP contribution >= 0.6 is 0 Å². The number of ether oxygens (including phenoxy) is 1. The van der Waals surface area contributed by atoms with Crippen molar-refractivity contribution in [2.75, 3.05) is 13.7 Å². The lowest BCUT2D eigenvalue weighted by molar-refractivity contribution is 0.224. The number of nitrogens with zero attached hydrogens (tertiary/aromatic N) is 2. The second kappa shape index (κ2) is 6.62. The van der Waals surface area contributed by atoms with Crippen LogP contribution in [0.3, 0.4) is 0 Å². The van der Waals surface area contributed by atoms with Gasteiger partial charge in [-0.2, -0.15) is 5.10 Å². The van der Waals surface area contributed by atoms with Crippen molar-refractivity contribution in [3.63, 3.8) is 0 Å². The molecule has 22 heavy (non-hydrogen) atoms. The van der Waals surface area contributed by atoms with Crippen molar-refractivity contribution >= 4 is 5.71 Å². The molecule has 2 aromatic carbocycles. The number of rotatable bonds is 5. The number of methoxy groups -OCH3 is 1. The summed E-state index contributed by atoms with van der Waals surface area (Å²) < 4.78 is 5.23. The zero-order valence-electron chi connectivity index (χ0n) is 12.8. The molecule has 0 aliphatic carbocycles. The third kappa shape index (κ3) is 3.12. The highest BCUT2D eigenvalue weighted by atomic mass is 16.5. The van der Waals surface area contributed by atoms with E-state index in [1.165, 1.54) is 11.1 Å². The normalized spacial score (nSPS) is 17.5. The number of benzene rings is 2. The fourth-order valence-corrected chi connectivity index (χ4v) is 2.78. The molecule has 1 unspecified atom stereocenters. The van der Waals surface area contributed by atoms with Gasteiger partial charge in [0, 0.05) is 13.0 Å². The molecule has 1 aliphatic heterocycles. The number of hydrogen-bond acceptors (Lipinski definition) is 4. The number of nitrogens with two attached hydrogens (primary N) is 1. The van der Waals surface area contributed by atoms with Crippen LogP contribution in [-0.2, 0) is 6.54 Å². The molecule has 1 aliphatic rings. The summed E-state index contributed by atoms with van der Waals surface area (Å²) in [6, 6.07) is 18.8. The van der Waals surface area contributed by atoms with E-state index in [0.717, 1.165) is 24.4 Å². The molecule has 3 rings (SSSR count). The molecule has 0 amide bonds. The molecular formula is C18H21N3O. The molecule has 114 valence electrons. The van der Waals surface area contributed by atoms with Crippen LogP contribution in [0.4, 0.5) is 0 Å². The Balaban J connectivity index is 1.82. The summed E-state index contributed by atoms with van der Waals surface area (Å²) in [4.78, 5) is 0. The van der Waals surface area contributed by atoms with Gasteiger partial charge in [-0.05, 0) is 23.3 Å². The summed E-state index contributed by atoms with van der Waals surface area (Å²) in [7, 11) is 1.68. The van der Waals surface area contributed by atoms with Crippen molar-refractivity contribution in [2.24, 2.45) is 10.8 Å². The Morgan fingerprint density at radius 2 is 1.86 bits per heavy atom. The van der Waals surface area contributed by atoms with E-state index in [-0.39, 0.29) is 6.04 Å². The maximum Gasteiger partial charge on any atom is 0.118 e. The van der Waals surface area contributed by atoms with Gasteiger partial charge >= 0.3 is 0 Å². The van der Waals surface area contributed by atoms with Gasteiger partial charge in [0.15, 0.2) is 0 Å². The molecule has 0 bridgehead atoms. The van der Waals surface area contributed by atoms with Gasteiger partial charge in [0.25, 0.3) is 0 Å². The predicted molar refractivity (Wildman–Crippen MR) is 88.8 cm³/mol. The molecule has 0 spiro atoms. The Morgan fingerprint density at radius 3 is 2.50 bits per heavy atom. The van der Waals surface area contributed by atoms with Crippen molar-refractivity contribution in [3.05, 3.63) is 65.7 Å². The van der Waals surface area contributed by atoms with E-state index in [9.17, 15) is 0 Å². The third-order valence-corrected chi connectivity index (χ3v) is 3.98. The van der Waals surface area contributed by atoms with Crippen LogP contribution in [-0.4, -0.2) is 24.4 Å². The van der Waals surface area contributed by atoms with E-state index < -0.39 is 0 Å². The largest absolute Gasteiger partial charge is 0.497 e. The lowest BCUT2D eigenvalue weighted by Crippen LogP contribution is -2.19. The summed E-state index contributed by atoms with van der Waals surface area (Å²) in [6.45, 7) is 1.30. The summed E-state index contributed by atoms with van der Waals surface area (Å²) in [6.07, 6.45) is 0.885. The minimum Gasteiger partial charge on any atom is -0.497 e. The topological polar surface area (TPSA) is 50.9 Å². The maximum absolute atomic E-state index is 5.80. The molecule has 0 aromatic heterocycles. The average molecular weight is 295 g/mol. The Morgan fingerprint density at radius 1 is 1.14 bits per heavy atom. The molecule has 2 aromatic rings. The Bertz CT molecular complexity index is 637. The molecular weight excluding hydrogens is 274 g/mol. The van der Waals surface area contributed by atoms with Gasteiger partial charge in [-0.25, -0.2) is 0 Å². The minimum atomic E-state index is 0.240. The van der Waals surface area contributed by atoms with Crippen molar-refractivity contribution < 1.29 is 4.74 Å². The second-order valence-electron chi connectivity index (χ2n) is 5.45. The van der Waals surface area contributed by atoms with E-state index in [2.05, 4.69) is 41.4 Å². The van der Waals surface area contributed by atoms with Crippen molar-refractivity contribution in [1.82, 2.24) is 5.01 Å². The molecule has 4 nitrogen and oxygen atoms in total. The van der Waals surface area contributed by atoms with E-state index in [4.69, 9.17) is 15.6 Å². The van der Waals surface area contributed by atoms with Gasteiger partial charge in [-0.1, -0.05) is 42.5 Å². The first-order valence-electron chi connectivity index (χ1n) is 7.51. The van der Waals surface area contributed by atoms with Gasteiger partial charge in [0.05, 0.1) is 25.4 Å². The van der Waals surface area contributed by atoms with E-state index in [1.54, 1.807) is 7.11 Å². The van der Waals surface area contributed by atoms with Crippen LogP contribution in [0.25, 0.3) is 0 Å². The Kier molecular flexibility index (Phi) is 4.39.